The minimum absolute atomic E-state index is 0.114. The fourth-order valence-corrected chi connectivity index (χ4v) is 4.76. The number of rotatable bonds is 5. The summed E-state index contributed by atoms with van der Waals surface area (Å²) in [7, 11) is 0. The highest BCUT2D eigenvalue weighted by atomic mass is 32.1. The molecule has 0 bridgehead atoms. The zero-order valence-corrected chi connectivity index (χ0v) is 17.6. The van der Waals surface area contributed by atoms with E-state index in [0.29, 0.717) is 10.7 Å². The number of hydrogen-bond donors (Lipinski definition) is 2. The number of carbonyl (C=O) groups excluding carboxylic acids is 2. The zero-order chi connectivity index (χ0) is 20.4. The first-order valence-electron chi connectivity index (χ1n) is 9.09. The number of thiophene rings is 1. The van der Waals surface area contributed by atoms with E-state index >= 15 is 0 Å². The van der Waals surface area contributed by atoms with Crippen LogP contribution in [0.15, 0.2) is 53.9 Å². The van der Waals surface area contributed by atoms with E-state index in [2.05, 4.69) is 35.5 Å². The van der Waals surface area contributed by atoms with E-state index in [1.165, 1.54) is 21.1 Å². The van der Waals surface area contributed by atoms with E-state index in [4.69, 9.17) is 0 Å². The van der Waals surface area contributed by atoms with Crippen LogP contribution in [0.5, 0.6) is 0 Å². The molecule has 0 aliphatic heterocycles. The molecular formula is C22H19N3O2S2. The number of nitrogens with one attached hydrogen (secondary N) is 2. The highest BCUT2D eigenvalue weighted by Crippen LogP contribution is 2.32. The third-order valence-electron chi connectivity index (χ3n) is 4.49. The zero-order valence-electron chi connectivity index (χ0n) is 16.0. The summed E-state index contributed by atoms with van der Waals surface area (Å²) in [5.74, 6) is -0.589. The Morgan fingerprint density at radius 3 is 2.59 bits per heavy atom. The average Bonchev–Trinajstić information content (AvgIpc) is 3.31. The fraction of sp³-hybridized carbons (Fsp3) is 0.136. The Kier molecular flexibility index (Phi) is 5.42. The van der Waals surface area contributed by atoms with E-state index < -0.39 is 0 Å². The third-order valence-corrected chi connectivity index (χ3v) is 6.21. The molecule has 2 aromatic carbocycles. The molecule has 0 atom stereocenters. The van der Waals surface area contributed by atoms with Gasteiger partial charge >= 0.3 is 0 Å². The number of nitrogens with zero attached hydrogens (tertiary/aromatic N) is 1. The molecule has 0 aliphatic rings. The van der Waals surface area contributed by atoms with Gasteiger partial charge in [-0.3, -0.25) is 9.59 Å². The maximum atomic E-state index is 12.4. The second-order valence-corrected chi connectivity index (χ2v) is 8.98. The molecule has 0 unspecified atom stereocenters. The lowest BCUT2D eigenvalue weighted by Crippen LogP contribution is -2.32. The van der Waals surface area contributed by atoms with Crippen LogP contribution in [0.3, 0.4) is 0 Å². The van der Waals surface area contributed by atoms with Gasteiger partial charge in [0.1, 0.15) is 0 Å². The first kappa shape index (κ1) is 19.3. The molecule has 2 amide bonds. The van der Waals surface area contributed by atoms with Crippen LogP contribution in [-0.4, -0.2) is 23.3 Å². The van der Waals surface area contributed by atoms with Crippen molar-refractivity contribution in [2.75, 3.05) is 11.9 Å². The van der Waals surface area contributed by atoms with Gasteiger partial charge in [0.05, 0.1) is 12.2 Å². The third kappa shape index (κ3) is 4.36. The van der Waals surface area contributed by atoms with E-state index in [9.17, 15) is 9.59 Å². The molecule has 5 nitrogen and oxygen atoms in total. The van der Waals surface area contributed by atoms with Crippen molar-refractivity contribution >= 4 is 50.4 Å². The lowest BCUT2D eigenvalue weighted by atomic mass is 10.1. The predicted octanol–water partition coefficient (Wildman–Crippen LogP) is 5.01. The smallest absolute Gasteiger partial charge is 0.251 e. The molecule has 29 heavy (non-hydrogen) atoms. The Balaban J connectivity index is 1.36. The van der Waals surface area contributed by atoms with Gasteiger partial charge in [-0.2, -0.15) is 0 Å². The summed E-state index contributed by atoms with van der Waals surface area (Å²) < 4.78 is 0. The highest BCUT2D eigenvalue weighted by molar-refractivity contribution is 7.14. The number of anilines is 1. The summed E-state index contributed by atoms with van der Waals surface area (Å²) in [6, 6.07) is 15.4. The standard InChI is InChI=1S/C22H19N3O2S2/c1-13-9-18(14(2)29-13)19-12-28-22(24-19)25-20(26)11-23-21(27)17-8-7-15-5-3-4-6-16(15)10-17/h3-10,12H,11H2,1-2H3,(H,23,27)(H,24,25,26). The van der Waals surface area contributed by atoms with E-state index in [0.717, 1.165) is 22.0 Å². The maximum Gasteiger partial charge on any atom is 0.251 e. The number of carbonyl (C=O) groups is 2. The highest BCUT2D eigenvalue weighted by Gasteiger charge is 2.13. The molecule has 0 saturated carbocycles. The number of aryl methyl sites for hydroxylation is 2. The molecule has 0 radical (unpaired) electrons. The minimum atomic E-state index is -0.307. The largest absolute Gasteiger partial charge is 0.343 e. The molecule has 0 aliphatic carbocycles. The van der Waals surface area contributed by atoms with E-state index in [-0.39, 0.29) is 18.4 Å². The molecule has 0 fully saturated rings. The maximum absolute atomic E-state index is 12.4. The Bertz CT molecular complexity index is 1210. The minimum Gasteiger partial charge on any atom is -0.343 e. The van der Waals surface area contributed by atoms with Crippen molar-refractivity contribution in [3.8, 4) is 11.3 Å². The van der Waals surface area contributed by atoms with Crippen LogP contribution in [0, 0.1) is 13.8 Å². The second kappa shape index (κ2) is 8.14. The normalized spacial score (nSPS) is 10.8. The summed E-state index contributed by atoms with van der Waals surface area (Å²) in [6.07, 6.45) is 0. The Hall–Kier alpha value is -3.03. The first-order valence-corrected chi connectivity index (χ1v) is 10.8. The van der Waals surface area contributed by atoms with Gasteiger partial charge in [0.25, 0.3) is 5.91 Å². The lowest BCUT2D eigenvalue weighted by Gasteiger charge is -2.06. The molecule has 2 aromatic heterocycles. The summed E-state index contributed by atoms with van der Waals surface area (Å²) >= 11 is 3.10. The van der Waals surface area contributed by atoms with E-state index in [1.807, 2.05) is 41.8 Å². The summed E-state index contributed by atoms with van der Waals surface area (Å²) in [6.45, 7) is 4.01. The van der Waals surface area contributed by atoms with Crippen LogP contribution in [0.2, 0.25) is 0 Å². The molecule has 7 heteroatoms. The van der Waals surface area contributed by atoms with Gasteiger partial charge in [-0.1, -0.05) is 30.3 Å². The molecule has 0 spiro atoms. The van der Waals surface area contributed by atoms with Gasteiger partial charge < -0.3 is 10.6 Å². The number of hydrogen-bond acceptors (Lipinski definition) is 5. The molecule has 2 N–H and O–H groups in total. The van der Waals surface area contributed by atoms with Gasteiger partial charge in [0.15, 0.2) is 5.13 Å². The average molecular weight is 422 g/mol. The van der Waals surface area contributed by atoms with Crippen molar-refractivity contribution in [1.82, 2.24) is 10.3 Å². The Morgan fingerprint density at radius 1 is 1.03 bits per heavy atom. The van der Waals surface area contributed by atoms with Crippen LogP contribution in [0.4, 0.5) is 5.13 Å². The van der Waals surface area contributed by atoms with Gasteiger partial charge in [-0.05, 0) is 42.8 Å². The van der Waals surface area contributed by atoms with Crippen LogP contribution >= 0.6 is 22.7 Å². The van der Waals surface area contributed by atoms with Crippen LogP contribution in [-0.2, 0) is 4.79 Å². The SMILES string of the molecule is Cc1cc(-c2csc(NC(=O)CNC(=O)c3ccc4ccccc4c3)n2)c(C)s1. The topological polar surface area (TPSA) is 71.1 Å². The van der Waals surface area contributed by atoms with Gasteiger partial charge in [0, 0.05) is 26.3 Å². The molecule has 146 valence electrons. The van der Waals surface area contributed by atoms with Crippen molar-refractivity contribution in [2.45, 2.75) is 13.8 Å². The van der Waals surface area contributed by atoms with Crippen LogP contribution in [0.1, 0.15) is 20.1 Å². The summed E-state index contributed by atoms with van der Waals surface area (Å²) in [4.78, 5) is 31.5. The lowest BCUT2D eigenvalue weighted by molar-refractivity contribution is -0.115. The quantitative estimate of drug-likeness (QED) is 0.476. The van der Waals surface area contributed by atoms with E-state index in [1.54, 1.807) is 17.4 Å². The first-order chi connectivity index (χ1) is 14.0. The van der Waals surface area contributed by atoms with Crippen molar-refractivity contribution in [3.05, 3.63) is 69.2 Å². The number of amides is 2. The Morgan fingerprint density at radius 2 is 1.83 bits per heavy atom. The second-order valence-electron chi connectivity index (χ2n) is 6.66. The number of benzene rings is 2. The molecular weight excluding hydrogens is 402 g/mol. The van der Waals surface area contributed by atoms with Crippen molar-refractivity contribution in [3.63, 3.8) is 0 Å². The van der Waals surface area contributed by atoms with Crippen LogP contribution in [0.25, 0.3) is 22.0 Å². The van der Waals surface area contributed by atoms with Gasteiger partial charge in [-0.25, -0.2) is 4.98 Å². The predicted molar refractivity (Wildman–Crippen MR) is 120 cm³/mol. The summed E-state index contributed by atoms with van der Waals surface area (Å²) in [5.41, 5.74) is 2.47. The van der Waals surface area contributed by atoms with Gasteiger partial charge in [-0.15, -0.1) is 22.7 Å². The van der Waals surface area contributed by atoms with Crippen molar-refractivity contribution in [1.29, 1.82) is 0 Å². The summed E-state index contributed by atoms with van der Waals surface area (Å²) in [5, 5.41) is 9.92. The monoisotopic (exact) mass is 421 g/mol. The van der Waals surface area contributed by atoms with Crippen molar-refractivity contribution < 1.29 is 9.59 Å². The molecule has 0 saturated heterocycles. The molecule has 4 aromatic rings. The number of fused-ring (bicyclic) bond motifs is 1. The van der Waals surface area contributed by atoms with Crippen molar-refractivity contribution in [2.24, 2.45) is 0 Å². The van der Waals surface area contributed by atoms with Gasteiger partial charge in [0.2, 0.25) is 5.91 Å². The fourth-order valence-electron chi connectivity index (χ4n) is 3.10. The molecule has 2 heterocycles. The Labute approximate surface area is 176 Å². The number of aromatic nitrogens is 1. The molecule has 4 rings (SSSR count). The number of thiazole rings is 1. The van der Waals surface area contributed by atoms with Crippen LogP contribution < -0.4 is 10.6 Å².